The first-order chi connectivity index (χ1) is 13.6. The summed E-state index contributed by atoms with van der Waals surface area (Å²) >= 11 is 9.84. The molecule has 3 aromatic rings. The van der Waals surface area contributed by atoms with Crippen molar-refractivity contribution in [1.82, 2.24) is 4.90 Å². The molecule has 3 heterocycles. The van der Waals surface area contributed by atoms with Crippen molar-refractivity contribution >= 4 is 40.2 Å². The van der Waals surface area contributed by atoms with E-state index in [4.69, 9.17) is 21.1 Å². The molecule has 0 spiro atoms. The van der Waals surface area contributed by atoms with E-state index in [-0.39, 0.29) is 11.9 Å². The Morgan fingerprint density at radius 1 is 1.29 bits per heavy atom. The molecule has 1 aromatic carbocycles. The summed E-state index contributed by atoms with van der Waals surface area (Å²) in [7, 11) is 1.55. The van der Waals surface area contributed by atoms with Gasteiger partial charge in [-0.1, -0.05) is 17.7 Å². The highest BCUT2D eigenvalue weighted by Gasteiger charge is 2.34. The summed E-state index contributed by atoms with van der Waals surface area (Å²) in [4.78, 5) is 18.0. The molecule has 0 aliphatic carbocycles. The second-order valence-electron chi connectivity index (χ2n) is 6.39. The van der Waals surface area contributed by atoms with E-state index >= 15 is 0 Å². The molecule has 0 N–H and O–H groups in total. The Hall–Kier alpha value is -2.02. The van der Waals surface area contributed by atoms with Crippen molar-refractivity contribution in [2.75, 3.05) is 20.3 Å². The molecule has 0 fully saturated rings. The van der Waals surface area contributed by atoms with Crippen LogP contribution in [-0.2, 0) is 6.42 Å². The number of rotatable bonds is 5. The molecule has 2 aromatic heterocycles. The Kier molecular flexibility index (Phi) is 5.62. The zero-order valence-electron chi connectivity index (χ0n) is 15.6. The van der Waals surface area contributed by atoms with Gasteiger partial charge in [-0.3, -0.25) is 4.79 Å². The molecule has 0 radical (unpaired) electrons. The maximum atomic E-state index is 13.5. The normalized spacial score (nSPS) is 16.0. The average molecular weight is 434 g/mol. The number of amides is 1. The van der Waals surface area contributed by atoms with Crippen LogP contribution in [0.1, 0.15) is 38.6 Å². The number of ether oxygens (including phenoxy) is 2. The number of nitrogens with zero attached hydrogens (tertiary/aromatic N) is 1. The van der Waals surface area contributed by atoms with E-state index in [0.717, 1.165) is 11.3 Å². The summed E-state index contributed by atoms with van der Waals surface area (Å²) in [6, 6.07) is 9.57. The van der Waals surface area contributed by atoms with Gasteiger partial charge in [-0.2, -0.15) is 0 Å². The second-order valence-corrected chi connectivity index (χ2v) is 8.78. The minimum absolute atomic E-state index is 0.0569. The van der Waals surface area contributed by atoms with Gasteiger partial charge in [-0.05, 0) is 53.9 Å². The van der Waals surface area contributed by atoms with Gasteiger partial charge in [0.25, 0.3) is 5.91 Å². The van der Waals surface area contributed by atoms with Crippen molar-refractivity contribution in [2.24, 2.45) is 0 Å². The zero-order valence-corrected chi connectivity index (χ0v) is 18.0. The Morgan fingerprint density at radius 3 is 2.86 bits per heavy atom. The molecular formula is C21H20ClNO3S2. The highest BCUT2D eigenvalue weighted by molar-refractivity contribution is 7.10. The maximum absolute atomic E-state index is 13.5. The first kappa shape index (κ1) is 19.3. The fraction of sp³-hybridized carbons (Fsp3) is 0.286. The van der Waals surface area contributed by atoms with Crippen LogP contribution in [0.2, 0.25) is 5.02 Å². The lowest BCUT2D eigenvalue weighted by Crippen LogP contribution is -2.39. The van der Waals surface area contributed by atoms with E-state index in [1.807, 2.05) is 17.9 Å². The number of fused-ring (bicyclic) bond motifs is 1. The maximum Gasteiger partial charge on any atom is 0.254 e. The summed E-state index contributed by atoms with van der Waals surface area (Å²) in [6.07, 6.45) is 0.864. The quantitative estimate of drug-likeness (QED) is 0.521. The molecule has 0 unspecified atom stereocenters. The smallest absolute Gasteiger partial charge is 0.254 e. The highest BCUT2D eigenvalue weighted by Crippen LogP contribution is 2.42. The van der Waals surface area contributed by atoms with E-state index in [1.165, 1.54) is 10.4 Å². The lowest BCUT2D eigenvalue weighted by atomic mass is 9.97. The van der Waals surface area contributed by atoms with Gasteiger partial charge >= 0.3 is 0 Å². The number of benzene rings is 1. The fourth-order valence-corrected chi connectivity index (χ4v) is 5.61. The van der Waals surface area contributed by atoms with Gasteiger partial charge in [-0.25, -0.2) is 0 Å². The molecule has 7 heteroatoms. The van der Waals surface area contributed by atoms with Crippen LogP contribution in [0.15, 0.2) is 41.1 Å². The third-order valence-electron chi connectivity index (χ3n) is 4.80. The fourth-order valence-electron chi connectivity index (χ4n) is 3.58. The Labute approximate surface area is 177 Å². The summed E-state index contributed by atoms with van der Waals surface area (Å²) < 4.78 is 11.0. The lowest BCUT2D eigenvalue weighted by molar-refractivity contribution is 0.0698. The van der Waals surface area contributed by atoms with Crippen molar-refractivity contribution in [3.63, 3.8) is 0 Å². The first-order valence-electron chi connectivity index (χ1n) is 9.05. The number of hydrogen-bond donors (Lipinski definition) is 0. The van der Waals surface area contributed by atoms with E-state index < -0.39 is 0 Å². The number of carbonyl (C=O) groups is 1. The molecule has 4 nitrogen and oxygen atoms in total. The molecule has 0 saturated heterocycles. The molecule has 0 saturated carbocycles. The molecule has 1 atom stereocenters. The van der Waals surface area contributed by atoms with E-state index in [0.29, 0.717) is 35.2 Å². The SMILES string of the molecule is CCOc1c(Cl)cc(C(=O)N2CCc3sccc3[C@H]2c2cccs2)cc1OC. The molecular weight excluding hydrogens is 414 g/mol. The van der Waals surface area contributed by atoms with Crippen molar-refractivity contribution in [2.45, 2.75) is 19.4 Å². The summed E-state index contributed by atoms with van der Waals surface area (Å²) in [5.74, 6) is 0.883. The Morgan fingerprint density at radius 2 is 2.14 bits per heavy atom. The van der Waals surface area contributed by atoms with Crippen molar-refractivity contribution in [1.29, 1.82) is 0 Å². The van der Waals surface area contributed by atoms with Gasteiger partial charge in [-0.15, -0.1) is 22.7 Å². The molecule has 1 aliphatic rings. The monoisotopic (exact) mass is 433 g/mol. The van der Waals surface area contributed by atoms with Gasteiger partial charge in [0.15, 0.2) is 11.5 Å². The van der Waals surface area contributed by atoms with Gasteiger partial charge in [0.2, 0.25) is 0 Å². The van der Waals surface area contributed by atoms with Crippen LogP contribution in [0, 0.1) is 0 Å². The number of methoxy groups -OCH3 is 1. The van der Waals surface area contributed by atoms with Gasteiger partial charge in [0.05, 0.1) is 24.8 Å². The Balaban J connectivity index is 1.74. The molecule has 28 heavy (non-hydrogen) atoms. The van der Waals surface area contributed by atoms with Crippen molar-refractivity contribution in [3.8, 4) is 11.5 Å². The predicted molar refractivity (Wildman–Crippen MR) is 114 cm³/mol. The third kappa shape index (κ3) is 3.41. The van der Waals surface area contributed by atoms with Crippen LogP contribution in [0.5, 0.6) is 11.5 Å². The second kappa shape index (κ2) is 8.15. The molecule has 0 bridgehead atoms. The van der Waals surface area contributed by atoms with Crippen LogP contribution >= 0.6 is 34.3 Å². The summed E-state index contributed by atoms with van der Waals surface area (Å²) in [5.41, 5.74) is 1.72. The predicted octanol–water partition coefficient (Wildman–Crippen LogP) is 5.66. The average Bonchev–Trinajstić information content (AvgIpc) is 3.39. The summed E-state index contributed by atoms with van der Waals surface area (Å²) in [5, 5.41) is 4.54. The molecule has 1 aliphatic heterocycles. The molecule has 146 valence electrons. The van der Waals surface area contributed by atoms with Gasteiger partial charge in [0, 0.05) is 21.9 Å². The van der Waals surface area contributed by atoms with E-state index in [9.17, 15) is 4.79 Å². The number of carbonyl (C=O) groups excluding carboxylic acids is 1. The minimum atomic E-state index is -0.0705. The highest BCUT2D eigenvalue weighted by atomic mass is 35.5. The molecule has 4 rings (SSSR count). The number of thiophene rings is 2. The van der Waals surface area contributed by atoms with E-state index in [1.54, 1.807) is 41.9 Å². The number of hydrogen-bond acceptors (Lipinski definition) is 5. The van der Waals surface area contributed by atoms with Crippen LogP contribution < -0.4 is 9.47 Å². The van der Waals surface area contributed by atoms with E-state index in [2.05, 4.69) is 22.9 Å². The van der Waals surface area contributed by atoms with Crippen molar-refractivity contribution < 1.29 is 14.3 Å². The number of halogens is 1. The standard InChI is InChI=1S/C21H20ClNO3S2/c1-3-26-20-15(22)11-13(12-16(20)25-2)21(24)23-8-6-17-14(7-10-28-17)19(23)18-5-4-9-27-18/h4-5,7,9-12,19H,3,6,8H2,1-2H3/t19-/m0/s1. The zero-order chi connectivity index (χ0) is 19.7. The van der Waals surface area contributed by atoms with Gasteiger partial charge < -0.3 is 14.4 Å². The molecule has 1 amide bonds. The van der Waals surface area contributed by atoms with Crippen LogP contribution in [-0.4, -0.2) is 31.1 Å². The minimum Gasteiger partial charge on any atom is -0.493 e. The van der Waals surface area contributed by atoms with Crippen LogP contribution in [0.25, 0.3) is 0 Å². The largest absolute Gasteiger partial charge is 0.493 e. The van der Waals surface area contributed by atoms with Crippen LogP contribution in [0.3, 0.4) is 0 Å². The topological polar surface area (TPSA) is 38.8 Å². The first-order valence-corrected chi connectivity index (χ1v) is 11.2. The van der Waals surface area contributed by atoms with Crippen LogP contribution in [0.4, 0.5) is 0 Å². The Bertz CT molecular complexity index is 984. The lowest BCUT2D eigenvalue weighted by Gasteiger charge is -2.35. The van der Waals surface area contributed by atoms with Gasteiger partial charge in [0.1, 0.15) is 0 Å². The van der Waals surface area contributed by atoms with Crippen molar-refractivity contribution in [3.05, 3.63) is 67.0 Å². The summed E-state index contributed by atoms with van der Waals surface area (Å²) in [6.45, 7) is 3.02. The third-order valence-corrected chi connectivity index (χ3v) is 7.01.